The lowest BCUT2D eigenvalue weighted by molar-refractivity contribution is -0.137. The Morgan fingerprint density at radius 3 is 2.60 bits per heavy atom. The number of nitrogens with one attached hydrogen (secondary N) is 1. The molecular weight excluding hydrogens is 417 g/mol. The fourth-order valence-electron chi connectivity index (χ4n) is 2.90. The minimum absolute atomic E-state index is 0.245. The van der Waals surface area contributed by atoms with Crippen LogP contribution in [-0.4, -0.2) is 22.8 Å². The molecule has 0 amide bonds. The molecular formula is C20H15F3N4O2S. The third-order valence-electron chi connectivity index (χ3n) is 4.48. The average molecular weight is 432 g/mol. The smallest absolute Gasteiger partial charge is 0.291 e. The molecule has 0 saturated heterocycles. The molecule has 0 aliphatic rings. The summed E-state index contributed by atoms with van der Waals surface area (Å²) in [5.41, 5.74) is 1.03. The van der Waals surface area contributed by atoms with Gasteiger partial charge in [-0.15, -0.1) is 0 Å². The third-order valence-corrected chi connectivity index (χ3v) is 5.85. The zero-order valence-electron chi connectivity index (χ0n) is 15.6. The van der Waals surface area contributed by atoms with Gasteiger partial charge in [0, 0.05) is 24.2 Å². The molecule has 4 aromatic rings. The Balaban J connectivity index is 1.70. The lowest BCUT2D eigenvalue weighted by Crippen LogP contribution is -2.15. The predicted molar refractivity (Wildman–Crippen MR) is 105 cm³/mol. The molecule has 30 heavy (non-hydrogen) atoms. The summed E-state index contributed by atoms with van der Waals surface area (Å²) in [6.45, 7) is 1.69. The van der Waals surface area contributed by atoms with Crippen LogP contribution in [0.15, 0.2) is 72.0 Å². The number of halogens is 3. The Morgan fingerprint density at radius 2 is 1.87 bits per heavy atom. The van der Waals surface area contributed by atoms with Crippen molar-refractivity contribution in [2.45, 2.75) is 18.0 Å². The minimum Gasteiger partial charge on any atom is -0.291 e. The Bertz CT molecular complexity index is 1310. The van der Waals surface area contributed by atoms with Gasteiger partial charge in [-0.2, -0.15) is 13.2 Å². The maximum atomic E-state index is 12.9. The van der Waals surface area contributed by atoms with E-state index >= 15 is 0 Å². The molecule has 0 aliphatic carbocycles. The molecule has 0 spiro atoms. The molecule has 6 nitrogen and oxygen atoms in total. The molecule has 0 radical (unpaired) electrons. The second kappa shape index (κ2) is 7.13. The van der Waals surface area contributed by atoms with Crippen molar-refractivity contribution in [3.05, 3.63) is 78.2 Å². The van der Waals surface area contributed by atoms with Crippen molar-refractivity contribution in [3.63, 3.8) is 0 Å². The average Bonchev–Trinajstić information content (AvgIpc) is 3.13. The van der Waals surface area contributed by atoms with E-state index in [1.165, 1.54) is 0 Å². The molecule has 0 atom stereocenters. The highest BCUT2D eigenvalue weighted by molar-refractivity contribution is 7.92. The van der Waals surface area contributed by atoms with Crippen LogP contribution in [0.2, 0.25) is 0 Å². The van der Waals surface area contributed by atoms with Gasteiger partial charge >= 0.3 is 6.18 Å². The van der Waals surface area contributed by atoms with E-state index in [2.05, 4.69) is 14.7 Å². The van der Waals surface area contributed by atoms with E-state index in [1.54, 1.807) is 54.2 Å². The van der Waals surface area contributed by atoms with E-state index in [1.807, 2.05) is 0 Å². The molecule has 0 aliphatic heterocycles. The van der Waals surface area contributed by atoms with E-state index in [-0.39, 0.29) is 5.69 Å². The summed E-state index contributed by atoms with van der Waals surface area (Å²) in [4.78, 5) is 8.07. The number of alkyl halides is 3. The van der Waals surface area contributed by atoms with Crippen LogP contribution in [0.1, 0.15) is 11.1 Å². The van der Waals surface area contributed by atoms with Gasteiger partial charge in [0.1, 0.15) is 0 Å². The number of sulfonamides is 1. The molecule has 2 aromatic carbocycles. The third kappa shape index (κ3) is 3.86. The van der Waals surface area contributed by atoms with Crippen LogP contribution in [0.4, 0.5) is 18.9 Å². The molecule has 2 heterocycles. The zero-order valence-corrected chi connectivity index (χ0v) is 16.4. The van der Waals surface area contributed by atoms with Crippen LogP contribution in [0.5, 0.6) is 0 Å². The van der Waals surface area contributed by atoms with E-state index in [4.69, 9.17) is 0 Å². The quantitative estimate of drug-likeness (QED) is 0.514. The number of nitrogens with zero attached hydrogens (tertiary/aromatic N) is 3. The molecule has 0 bridgehead atoms. The van der Waals surface area contributed by atoms with Gasteiger partial charge in [-0.1, -0.05) is 18.2 Å². The van der Waals surface area contributed by atoms with Gasteiger partial charge in [0.25, 0.3) is 10.0 Å². The SMILES string of the molecule is Cc1ccc(-c2cn3cccnc3n2)cc1NS(=O)(=O)c1cccc(C(F)(F)F)c1. The first-order chi connectivity index (χ1) is 14.1. The molecule has 0 unspecified atom stereocenters. The fraction of sp³-hybridized carbons (Fsp3) is 0.100. The van der Waals surface area contributed by atoms with Crippen molar-refractivity contribution in [2.75, 3.05) is 4.72 Å². The number of rotatable bonds is 4. The summed E-state index contributed by atoms with van der Waals surface area (Å²) >= 11 is 0. The summed E-state index contributed by atoms with van der Waals surface area (Å²) in [6.07, 6.45) is 0.497. The standard InChI is InChI=1S/C20H15F3N4O2S/c1-13-6-7-14(18-12-27-9-3-8-24-19(27)25-18)10-17(13)26-30(28,29)16-5-2-4-15(11-16)20(21,22)23/h2-12,26H,1H3. The normalized spacial score (nSPS) is 12.3. The number of hydrogen-bond donors (Lipinski definition) is 1. The van der Waals surface area contributed by atoms with Crippen LogP contribution in [-0.2, 0) is 16.2 Å². The van der Waals surface area contributed by atoms with Crippen LogP contribution in [0, 0.1) is 6.92 Å². The lowest BCUT2D eigenvalue weighted by atomic mass is 10.1. The Kier molecular flexibility index (Phi) is 4.73. The second-order valence-corrected chi connectivity index (χ2v) is 8.30. The molecule has 154 valence electrons. The first-order valence-electron chi connectivity index (χ1n) is 8.74. The molecule has 1 N–H and O–H groups in total. The van der Waals surface area contributed by atoms with Crippen molar-refractivity contribution in [2.24, 2.45) is 0 Å². The van der Waals surface area contributed by atoms with Crippen LogP contribution >= 0.6 is 0 Å². The van der Waals surface area contributed by atoms with Gasteiger partial charge in [-0.05, 0) is 42.8 Å². The highest BCUT2D eigenvalue weighted by Gasteiger charge is 2.31. The number of benzene rings is 2. The van der Waals surface area contributed by atoms with Crippen LogP contribution < -0.4 is 4.72 Å². The number of anilines is 1. The number of aryl methyl sites for hydroxylation is 1. The summed E-state index contributed by atoms with van der Waals surface area (Å²) in [7, 11) is -4.23. The molecule has 4 rings (SSSR count). The lowest BCUT2D eigenvalue weighted by Gasteiger charge is -2.13. The highest BCUT2D eigenvalue weighted by Crippen LogP contribution is 2.31. The minimum atomic E-state index is -4.64. The first kappa shape index (κ1) is 19.9. The van der Waals surface area contributed by atoms with Crippen molar-refractivity contribution in [3.8, 4) is 11.3 Å². The fourth-order valence-corrected chi connectivity index (χ4v) is 4.07. The second-order valence-electron chi connectivity index (χ2n) is 6.61. The predicted octanol–water partition coefficient (Wildman–Crippen LogP) is 4.52. The zero-order chi connectivity index (χ0) is 21.5. The maximum absolute atomic E-state index is 12.9. The van der Waals surface area contributed by atoms with Crippen molar-refractivity contribution in [1.29, 1.82) is 0 Å². The van der Waals surface area contributed by atoms with Crippen molar-refractivity contribution < 1.29 is 21.6 Å². The van der Waals surface area contributed by atoms with E-state index in [9.17, 15) is 21.6 Å². The number of aromatic nitrogens is 3. The Hall–Kier alpha value is -3.40. The molecule has 0 saturated carbocycles. The van der Waals surface area contributed by atoms with Gasteiger partial charge in [0.2, 0.25) is 5.78 Å². The van der Waals surface area contributed by atoms with Gasteiger partial charge in [0.05, 0.1) is 21.8 Å². The number of hydrogen-bond acceptors (Lipinski definition) is 4. The topological polar surface area (TPSA) is 76.4 Å². The largest absolute Gasteiger partial charge is 0.416 e. The summed E-state index contributed by atoms with van der Waals surface area (Å²) in [5.74, 6) is 0.485. The van der Waals surface area contributed by atoms with E-state index < -0.39 is 26.7 Å². The van der Waals surface area contributed by atoms with Gasteiger partial charge in [-0.25, -0.2) is 18.4 Å². The van der Waals surface area contributed by atoms with E-state index in [0.717, 1.165) is 18.2 Å². The summed E-state index contributed by atoms with van der Waals surface area (Å²) in [5, 5.41) is 0. The van der Waals surface area contributed by atoms with Gasteiger partial charge in [0.15, 0.2) is 0 Å². The summed E-state index contributed by atoms with van der Waals surface area (Å²) in [6, 6.07) is 10.4. The Morgan fingerprint density at radius 1 is 1.07 bits per heavy atom. The highest BCUT2D eigenvalue weighted by atomic mass is 32.2. The number of fused-ring (bicyclic) bond motifs is 1. The molecule has 2 aromatic heterocycles. The van der Waals surface area contributed by atoms with Gasteiger partial charge < -0.3 is 0 Å². The first-order valence-corrected chi connectivity index (χ1v) is 10.2. The monoisotopic (exact) mass is 432 g/mol. The number of imidazole rings is 1. The maximum Gasteiger partial charge on any atom is 0.416 e. The molecule has 10 heteroatoms. The van der Waals surface area contributed by atoms with Gasteiger partial charge in [-0.3, -0.25) is 9.12 Å². The van der Waals surface area contributed by atoms with Crippen molar-refractivity contribution in [1.82, 2.24) is 14.4 Å². The van der Waals surface area contributed by atoms with Crippen LogP contribution in [0.25, 0.3) is 17.0 Å². The van der Waals surface area contributed by atoms with E-state index in [0.29, 0.717) is 28.7 Å². The van der Waals surface area contributed by atoms with Crippen LogP contribution in [0.3, 0.4) is 0 Å². The molecule has 0 fully saturated rings. The Labute approximate surface area is 170 Å². The summed E-state index contributed by atoms with van der Waals surface area (Å²) < 4.78 is 68.4. The van der Waals surface area contributed by atoms with Crippen molar-refractivity contribution >= 4 is 21.5 Å².